The van der Waals surface area contributed by atoms with Crippen LogP contribution in [0.15, 0.2) is 21.3 Å². The smallest absolute Gasteiger partial charge is 0.306 e. The van der Waals surface area contributed by atoms with Crippen molar-refractivity contribution < 1.29 is 23.6 Å². The molecule has 0 fully saturated rings. The van der Waals surface area contributed by atoms with Gasteiger partial charge in [0.1, 0.15) is 0 Å². The molecule has 0 aliphatic carbocycles. The summed E-state index contributed by atoms with van der Waals surface area (Å²) in [6.45, 7) is -0.611. The number of hydrogen-bond donors (Lipinski definition) is 2. The Labute approximate surface area is 141 Å². The summed E-state index contributed by atoms with van der Waals surface area (Å²) in [7, 11) is 1.45. The molecule has 0 aromatic carbocycles. The van der Waals surface area contributed by atoms with Gasteiger partial charge in [-0.2, -0.15) is 16.3 Å². The fourth-order valence-electron chi connectivity index (χ4n) is 1.61. The Balaban J connectivity index is 1.68. The average molecular weight is 352 g/mol. The van der Waals surface area contributed by atoms with E-state index in [9.17, 15) is 14.4 Å². The number of thiophene rings is 1. The lowest BCUT2D eigenvalue weighted by Gasteiger charge is -2.05. The number of nitrogens with one attached hydrogen (secondary N) is 2. The lowest BCUT2D eigenvalue weighted by molar-refractivity contribution is -0.148. The van der Waals surface area contributed by atoms with Gasteiger partial charge in [0.25, 0.3) is 5.91 Å². The SMILES string of the molecule is CNC(=O)CNC(=O)COC(=O)CCc1nc(-c2ccsc2)no1. The van der Waals surface area contributed by atoms with E-state index in [2.05, 4.69) is 20.8 Å². The summed E-state index contributed by atoms with van der Waals surface area (Å²) in [5, 5.41) is 12.3. The second-order valence-corrected chi connectivity index (χ2v) is 5.41. The van der Waals surface area contributed by atoms with E-state index < -0.39 is 18.5 Å². The van der Waals surface area contributed by atoms with Crippen molar-refractivity contribution >= 4 is 29.1 Å². The standard InChI is InChI=1S/C14H16N4O5S/c1-15-10(19)6-16-11(20)7-22-13(21)3-2-12-17-14(18-23-12)9-4-5-24-8-9/h4-5,8H,2-3,6-7H2,1H3,(H,15,19)(H,16,20). The zero-order chi connectivity index (χ0) is 17.4. The molecule has 0 saturated heterocycles. The maximum Gasteiger partial charge on any atom is 0.306 e. The van der Waals surface area contributed by atoms with Crippen LogP contribution < -0.4 is 10.6 Å². The molecule has 0 spiro atoms. The number of carbonyl (C=O) groups excluding carboxylic acids is 3. The van der Waals surface area contributed by atoms with Crippen molar-refractivity contribution in [3.8, 4) is 11.4 Å². The van der Waals surface area contributed by atoms with Gasteiger partial charge >= 0.3 is 5.97 Å². The fourth-order valence-corrected chi connectivity index (χ4v) is 2.25. The average Bonchev–Trinajstić information content (AvgIpc) is 3.26. The van der Waals surface area contributed by atoms with Gasteiger partial charge in [0.2, 0.25) is 17.6 Å². The summed E-state index contributed by atoms with van der Waals surface area (Å²) in [6, 6.07) is 1.87. The minimum atomic E-state index is -0.569. The molecule has 0 radical (unpaired) electrons. The second kappa shape index (κ2) is 8.77. The van der Waals surface area contributed by atoms with Crippen LogP contribution in [-0.4, -0.2) is 48.1 Å². The number of amides is 2. The predicted molar refractivity (Wildman–Crippen MR) is 84.0 cm³/mol. The number of carbonyl (C=O) groups is 3. The molecule has 2 rings (SSSR count). The second-order valence-electron chi connectivity index (χ2n) is 4.63. The molecule has 0 aliphatic heterocycles. The third-order valence-corrected chi connectivity index (χ3v) is 3.56. The van der Waals surface area contributed by atoms with Crippen LogP contribution in [-0.2, 0) is 25.5 Å². The van der Waals surface area contributed by atoms with Crippen molar-refractivity contribution in [2.75, 3.05) is 20.2 Å². The summed E-state index contributed by atoms with van der Waals surface area (Å²) in [5.74, 6) is -0.678. The van der Waals surface area contributed by atoms with E-state index in [1.54, 1.807) is 0 Å². The maximum absolute atomic E-state index is 11.6. The van der Waals surface area contributed by atoms with Gasteiger partial charge < -0.3 is 19.9 Å². The van der Waals surface area contributed by atoms with Gasteiger partial charge in [-0.25, -0.2) is 0 Å². The Morgan fingerprint density at radius 1 is 1.33 bits per heavy atom. The van der Waals surface area contributed by atoms with Crippen molar-refractivity contribution in [2.24, 2.45) is 0 Å². The highest BCUT2D eigenvalue weighted by molar-refractivity contribution is 7.08. The van der Waals surface area contributed by atoms with Crippen molar-refractivity contribution in [1.82, 2.24) is 20.8 Å². The monoisotopic (exact) mass is 352 g/mol. The number of aromatic nitrogens is 2. The molecular formula is C14H16N4O5S. The van der Waals surface area contributed by atoms with Crippen LogP contribution in [0.3, 0.4) is 0 Å². The van der Waals surface area contributed by atoms with Crippen molar-refractivity contribution in [3.63, 3.8) is 0 Å². The number of aryl methyl sites for hydroxylation is 1. The molecule has 2 amide bonds. The molecule has 2 heterocycles. The fraction of sp³-hybridized carbons (Fsp3) is 0.357. The van der Waals surface area contributed by atoms with E-state index in [1.165, 1.54) is 18.4 Å². The number of esters is 1. The first-order chi connectivity index (χ1) is 11.6. The third kappa shape index (κ3) is 5.47. The quantitative estimate of drug-likeness (QED) is 0.648. The van der Waals surface area contributed by atoms with Crippen molar-refractivity contribution in [1.29, 1.82) is 0 Å². The largest absolute Gasteiger partial charge is 0.456 e. The number of ether oxygens (including phenoxy) is 1. The number of nitrogens with zero attached hydrogens (tertiary/aromatic N) is 2. The number of likely N-dealkylation sites (N-methyl/N-ethyl adjacent to an activating group) is 1. The highest BCUT2D eigenvalue weighted by atomic mass is 32.1. The van der Waals surface area contributed by atoms with Crippen LogP contribution in [0.5, 0.6) is 0 Å². The van der Waals surface area contributed by atoms with E-state index in [0.717, 1.165) is 5.56 Å². The first-order valence-electron chi connectivity index (χ1n) is 7.06. The molecule has 24 heavy (non-hydrogen) atoms. The van der Waals surface area contributed by atoms with E-state index in [0.29, 0.717) is 11.7 Å². The Kier molecular flexibility index (Phi) is 6.43. The van der Waals surface area contributed by atoms with Crippen LogP contribution >= 0.6 is 11.3 Å². The van der Waals surface area contributed by atoms with Gasteiger partial charge in [-0.05, 0) is 11.4 Å². The van der Waals surface area contributed by atoms with Crippen LogP contribution in [0.2, 0.25) is 0 Å². The highest BCUT2D eigenvalue weighted by Gasteiger charge is 2.13. The minimum absolute atomic E-state index is 0.00793. The topological polar surface area (TPSA) is 123 Å². The Bertz CT molecular complexity index is 698. The van der Waals surface area contributed by atoms with Crippen molar-refractivity contribution in [3.05, 3.63) is 22.7 Å². The van der Waals surface area contributed by atoms with E-state index in [1.807, 2.05) is 16.8 Å². The van der Waals surface area contributed by atoms with Crippen LogP contribution in [0.1, 0.15) is 12.3 Å². The Morgan fingerprint density at radius 3 is 2.88 bits per heavy atom. The summed E-state index contributed by atoms with van der Waals surface area (Å²) in [6.07, 6.45) is 0.226. The van der Waals surface area contributed by atoms with Gasteiger partial charge in [0.15, 0.2) is 6.61 Å². The zero-order valence-electron chi connectivity index (χ0n) is 12.9. The van der Waals surface area contributed by atoms with Crippen LogP contribution in [0.25, 0.3) is 11.4 Å². The first-order valence-corrected chi connectivity index (χ1v) is 8.01. The van der Waals surface area contributed by atoms with Gasteiger partial charge in [0.05, 0.1) is 13.0 Å². The van der Waals surface area contributed by atoms with Gasteiger partial charge in [-0.15, -0.1) is 0 Å². The normalized spacial score (nSPS) is 10.2. The summed E-state index contributed by atoms with van der Waals surface area (Å²) >= 11 is 1.52. The molecule has 10 heteroatoms. The van der Waals surface area contributed by atoms with Gasteiger partial charge in [-0.3, -0.25) is 14.4 Å². The molecule has 128 valence electrons. The maximum atomic E-state index is 11.6. The minimum Gasteiger partial charge on any atom is -0.456 e. The number of hydrogen-bond acceptors (Lipinski definition) is 8. The highest BCUT2D eigenvalue weighted by Crippen LogP contribution is 2.18. The van der Waals surface area contributed by atoms with Crippen LogP contribution in [0, 0.1) is 0 Å². The molecule has 9 nitrogen and oxygen atoms in total. The van der Waals surface area contributed by atoms with Gasteiger partial charge in [-0.1, -0.05) is 5.16 Å². The van der Waals surface area contributed by atoms with E-state index in [-0.39, 0.29) is 25.3 Å². The third-order valence-electron chi connectivity index (χ3n) is 2.88. The summed E-state index contributed by atoms with van der Waals surface area (Å²) in [4.78, 5) is 38.1. The molecule has 0 atom stereocenters. The zero-order valence-corrected chi connectivity index (χ0v) is 13.7. The molecule has 0 aliphatic rings. The molecular weight excluding hydrogens is 336 g/mol. The summed E-state index contributed by atoms with van der Waals surface area (Å²) < 4.78 is 9.85. The number of rotatable bonds is 8. The molecule has 2 N–H and O–H groups in total. The molecule has 0 bridgehead atoms. The lowest BCUT2D eigenvalue weighted by Crippen LogP contribution is -2.37. The van der Waals surface area contributed by atoms with Crippen LogP contribution in [0.4, 0.5) is 0 Å². The first kappa shape index (κ1) is 17.6. The lowest BCUT2D eigenvalue weighted by atomic mass is 10.3. The van der Waals surface area contributed by atoms with E-state index in [4.69, 9.17) is 9.26 Å². The Morgan fingerprint density at radius 2 is 2.17 bits per heavy atom. The predicted octanol–water partition coefficient (Wildman–Crippen LogP) is 0.136. The van der Waals surface area contributed by atoms with Crippen molar-refractivity contribution in [2.45, 2.75) is 12.8 Å². The van der Waals surface area contributed by atoms with Gasteiger partial charge in [0, 0.05) is 24.4 Å². The molecule has 2 aromatic heterocycles. The summed E-state index contributed by atoms with van der Waals surface area (Å²) in [5.41, 5.74) is 0.852. The van der Waals surface area contributed by atoms with E-state index >= 15 is 0 Å². The molecule has 0 saturated carbocycles. The molecule has 2 aromatic rings. The Hall–Kier alpha value is -2.75. The molecule has 0 unspecified atom stereocenters.